The third-order valence-corrected chi connectivity index (χ3v) is 7.10. The minimum atomic E-state index is -5.18. The molecule has 44 heavy (non-hydrogen) atoms. The SMILES string of the molecule is CC(=O)CCCN(CCN(CCNC(=O)C(F)(F)F)C(c1ccccc1)(c1ccccc1)c1ccccc1)C(=O)C(F)(F)F. The largest absolute Gasteiger partial charge is 0.471 e. The lowest BCUT2D eigenvalue weighted by atomic mass is 9.75. The van der Waals surface area contributed by atoms with Gasteiger partial charge in [0.1, 0.15) is 5.78 Å². The summed E-state index contributed by atoms with van der Waals surface area (Å²) in [6, 6.07) is 26.7. The number of halogens is 6. The van der Waals surface area contributed by atoms with E-state index in [1.54, 1.807) is 95.9 Å². The Kier molecular flexibility index (Phi) is 11.7. The van der Waals surface area contributed by atoms with E-state index in [-0.39, 0.29) is 38.3 Å². The molecule has 0 saturated heterocycles. The number of amides is 2. The third kappa shape index (κ3) is 8.68. The number of hydrogen-bond acceptors (Lipinski definition) is 4. The molecule has 0 saturated carbocycles. The molecular weight excluding hydrogens is 588 g/mol. The fourth-order valence-corrected chi connectivity index (χ4v) is 5.19. The number of nitrogens with zero attached hydrogens (tertiary/aromatic N) is 2. The van der Waals surface area contributed by atoms with E-state index >= 15 is 0 Å². The first-order valence-electron chi connectivity index (χ1n) is 13.9. The predicted octanol–water partition coefficient (Wildman–Crippen LogP) is 5.72. The first-order valence-corrected chi connectivity index (χ1v) is 13.9. The van der Waals surface area contributed by atoms with E-state index in [1.165, 1.54) is 6.92 Å². The van der Waals surface area contributed by atoms with E-state index in [0.717, 1.165) is 0 Å². The summed E-state index contributed by atoms with van der Waals surface area (Å²) in [6.45, 7) is -0.487. The third-order valence-electron chi connectivity index (χ3n) is 7.10. The van der Waals surface area contributed by atoms with Crippen LogP contribution in [0.4, 0.5) is 26.3 Å². The maximum atomic E-state index is 13.6. The minimum Gasteiger partial charge on any atom is -0.347 e. The van der Waals surface area contributed by atoms with Crippen LogP contribution in [0.15, 0.2) is 91.0 Å². The first kappa shape index (κ1) is 34.3. The van der Waals surface area contributed by atoms with Crippen LogP contribution in [0.25, 0.3) is 0 Å². The quantitative estimate of drug-likeness (QED) is 0.185. The van der Waals surface area contributed by atoms with Gasteiger partial charge in [0.05, 0.1) is 5.54 Å². The van der Waals surface area contributed by atoms with Crippen LogP contribution in [0.5, 0.6) is 0 Å². The van der Waals surface area contributed by atoms with Crippen molar-refractivity contribution in [1.29, 1.82) is 0 Å². The van der Waals surface area contributed by atoms with Crippen molar-refractivity contribution >= 4 is 17.6 Å². The summed E-state index contributed by atoms with van der Waals surface area (Å²) in [7, 11) is 0. The summed E-state index contributed by atoms with van der Waals surface area (Å²) in [6.07, 6.45) is -10.3. The number of hydrogen-bond donors (Lipinski definition) is 1. The number of ketones is 1. The highest BCUT2D eigenvalue weighted by molar-refractivity contribution is 5.82. The zero-order valence-corrected chi connectivity index (χ0v) is 24.0. The fourth-order valence-electron chi connectivity index (χ4n) is 5.19. The van der Waals surface area contributed by atoms with Crippen molar-refractivity contribution in [2.75, 3.05) is 32.7 Å². The Hall–Kier alpha value is -4.19. The predicted molar refractivity (Wildman–Crippen MR) is 152 cm³/mol. The zero-order valence-electron chi connectivity index (χ0n) is 24.0. The van der Waals surface area contributed by atoms with Crippen molar-refractivity contribution in [3.63, 3.8) is 0 Å². The fraction of sp³-hybridized carbons (Fsp3) is 0.344. The van der Waals surface area contributed by atoms with Gasteiger partial charge in [0, 0.05) is 39.1 Å². The summed E-state index contributed by atoms with van der Waals surface area (Å²) in [5, 5.41) is 1.86. The smallest absolute Gasteiger partial charge is 0.347 e. The Balaban J connectivity index is 2.16. The molecule has 0 fully saturated rings. The van der Waals surface area contributed by atoms with Crippen molar-refractivity contribution in [1.82, 2.24) is 15.1 Å². The Morgan fingerprint density at radius 3 is 1.48 bits per heavy atom. The Morgan fingerprint density at radius 2 is 1.09 bits per heavy atom. The van der Waals surface area contributed by atoms with Crippen molar-refractivity contribution in [3.8, 4) is 0 Å². The molecule has 0 aliphatic carbocycles. The van der Waals surface area contributed by atoms with E-state index in [9.17, 15) is 40.7 Å². The van der Waals surface area contributed by atoms with Crippen molar-refractivity contribution in [2.45, 2.75) is 37.7 Å². The Morgan fingerprint density at radius 1 is 0.636 bits per heavy atom. The van der Waals surface area contributed by atoms with Crippen molar-refractivity contribution in [2.24, 2.45) is 0 Å². The molecule has 0 unspecified atom stereocenters. The second-order valence-corrected chi connectivity index (χ2v) is 10.1. The molecule has 12 heteroatoms. The van der Waals surface area contributed by atoms with Crippen LogP contribution in [-0.2, 0) is 19.9 Å². The summed E-state index contributed by atoms with van der Waals surface area (Å²) in [5.41, 5.74) is 0.707. The molecule has 0 bridgehead atoms. The topological polar surface area (TPSA) is 69.7 Å². The van der Waals surface area contributed by atoms with Gasteiger partial charge < -0.3 is 15.0 Å². The first-order chi connectivity index (χ1) is 20.8. The standard InChI is InChI=1S/C32H33F6N3O3/c1-24(42)12-11-20-40(29(44)32(36,37)38)22-23-41(21-19-39-28(43)31(33,34)35)30(25-13-5-2-6-14-25,26-15-7-3-8-16-26)27-17-9-4-10-18-27/h2-10,13-18H,11-12,19-23H2,1H3,(H,39,43). The average molecular weight is 622 g/mol. The van der Waals surface area contributed by atoms with Gasteiger partial charge in [-0.25, -0.2) is 0 Å². The number of carbonyl (C=O) groups is 3. The van der Waals surface area contributed by atoms with E-state index in [2.05, 4.69) is 0 Å². The number of benzene rings is 3. The van der Waals surface area contributed by atoms with Gasteiger partial charge in [-0.2, -0.15) is 26.3 Å². The van der Waals surface area contributed by atoms with Gasteiger partial charge in [-0.05, 0) is 30.0 Å². The van der Waals surface area contributed by atoms with Gasteiger partial charge in [-0.3, -0.25) is 14.5 Å². The molecule has 0 aliphatic rings. The highest BCUT2D eigenvalue weighted by atomic mass is 19.4. The molecule has 0 spiro atoms. The highest BCUT2D eigenvalue weighted by Gasteiger charge is 2.45. The van der Waals surface area contributed by atoms with Crippen molar-refractivity contribution < 1.29 is 40.7 Å². The van der Waals surface area contributed by atoms with Crippen LogP contribution in [-0.4, -0.2) is 72.5 Å². The molecule has 3 rings (SSSR count). The molecule has 1 N–H and O–H groups in total. The number of Topliss-reactive ketones (excluding diaryl/α,β-unsaturated/α-hetero) is 1. The molecule has 0 radical (unpaired) electrons. The molecular formula is C32H33F6N3O3. The van der Waals surface area contributed by atoms with Crippen LogP contribution in [0, 0.1) is 0 Å². The van der Waals surface area contributed by atoms with Crippen LogP contribution >= 0.6 is 0 Å². The molecule has 0 atom stereocenters. The van der Waals surface area contributed by atoms with Gasteiger partial charge in [0.15, 0.2) is 0 Å². The average Bonchev–Trinajstić information content (AvgIpc) is 2.99. The second kappa shape index (κ2) is 15.0. The minimum absolute atomic E-state index is 0.00000793. The van der Waals surface area contributed by atoms with E-state index in [0.29, 0.717) is 21.6 Å². The Labute approximate surface area is 251 Å². The van der Waals surface area contributed by atoms with E-state index in [1.807, 2.05) is 5.32 Å². The van der Waals surface area contributed by atoms with Crippen LogP contribution in [0.1, 0.15) is 36.5 Å². The van der Waals surface area contributed by atoms with Crippen LogP contribution in [0.2, 0.25) is 0 Å². The lowest BCUT2D eigenvalue weighted by Crippen LogP contribution is -2.54. The number of alkyl halides is 6. The molecule has 6 nitrogen and oxygen atoms in total. The molecule has 236 valence electrons. The molecule has 3 aromatic carbocycles. The lowest BCUT2D eigenvalue weighted by molar-refractivity contribution is -0.185. The summed E-state index contributed by atoms with van der Waals surface area (Å²) in [5.74, 6) is -4.49. The number of nitrogens with one attached hydrogen (secondary N) is 1. The molecule has 0 aromatic heterocycles. The molecule has 0 heterocycles. The number of carbonyl (C=O) groups excluding carboxylic acids is 3. The maximum absolute atomic E-state index is 13.6. The maximum Gasteiger partial charge on any atom is 0.471 e. The van der Waals surface area contributed by atoms with E-state index < -0.39 is 42.8 Å². The second-order valence-electron chi connectivity index (χ2n) is 10.1. The summed E-state index contributed by atoms with van der Waals surface area (Å²) >= 11 is 0. The monoisotopic (exact) mass is 621 g/mol. The van der Waals surface area contributed by atoms with Crippen molar-refractivity contribution in [3.05, 3.63) is 108 Å². The highest BCUT2D eigenvalue weighted by Crippen LogP contribution is 2.42. The van der Waals surface area contributed by atoms with Gasteiger partial charge in [-0.15, -0.1) is 0 Å². The molecule has 2 amide bonds. The zero-order chi connectivity index (χ0) is 32.4. The Bertz CT molecular complexity index is 1270. The molecule has 3 aromatic rings. The molecule has 0 aliphatic heterocycles. The van der Waals surface area contributed by atoms with Gasteiger partial charge >= 0.3 is 24.2 Å². The van der Waals surface area contributed by atoms with Gasteiger partial charge in [0.2, 0.25) is 0 Å². The summed E-state index contributed by atoms with van der Waals surface area (Å²) in [4.78, 5) is 37.9. The normalized spacial score (nSPS) is 12.2. The number of rotatable bonds is 14. The van der Waals surface area contributed by atoms with Gasteiger partial charge in [-0.1, -0.05) is 91.0 Å². The van der Waals surface area contributed by atoms with Gasteiger partial charge in [0.25, 0.3) is 0 Å². The van der Waals surface area contributed by atoms with Crippen LogP contribution < -0.4 is 5.32 Å². The summed E-state index contributed by atoms with van der Waals surface area (Å²) < 4.78 is 79.9. The lowest BCUT2D eigenvalue weighted by Gasteiger charge is -2.46. The van der Waals surface area contributed by atoms with E-state index in [4.69, 9.17) is 0 Å². The van der Waals surface area contributed by atoms with Crippen LogP contribution in [0.3, 0.4) is 0 Å².